The van der Waals surface area contributed by atoms with Gasteiger partial charge in [-0.25, -0.2) is 4.68 Å². The van der Waals surface area contributed by atoms with E-state index < -0.39 is 11.9 Å². The Hall–Kier alpha value is -2.23. The summed E-state index contributed by atoms with van der Waals surface area (Å²) in [5.41, 5.74) is 6.07. The molecule has 0 bridgehead atoms. The number of carbonyl (C=O) groups is 1. The van der Waals surface area contributed by atoms with Gasteiger partial charge < -0.3 is 15.7 Å². The molecule has 1 aliphatic rings. The largest absolute Gasteiger partial charge is 0.481 e. The number of nitrogen functional groups attached to an aromatic ring is 1. The van der Waals surface area contributed by atoms with Crippen LogP contribution in [-0.4, -0.2) is 33.9 Å². The zero-order chi connectivity index (χ0) is 13.3. The summed E-state index contributed by atoms with van der Waals surface area (Å²) < 4.78 is 1.44. The smallest absolute Gasteiger partial charge is 0.308 e. The predicted molar refractivity (Wildman–Crippen MR) is 64.9 cm³/mol. The molecule has 1 unspecified atom stereocenters. The molecule has 18 heavy (non-hydrogen) atoms. The molecule has 1 atom stereocenters. The SMILES string of the molecule is Cn1nc(N2CCCC(C(=O)O)C2)c(C#N)c1N. The molecule has 0 spiro atoms. The second kappa shape index (κ2) is 4.56. The van der Waals surface area contributed by atoms with Crippen LogP contribution in [0, 0.1) is 17.2 Å². The lowest BCUT2D eigenvalue weighted by atomic mass is 9.98. The van der Waals surface area contributed by atoms with Crippen molar-refractivity contribution >= 4 is 17.6 Å². The fraction of sp³-hybridized carbons (Fsp3) is 0.545. The number of aryl methyl sites for hydroxylation is 1. The van der Waals surface area contributed by atoms with E-state index in [2.05, 4.69) is 5.10 Å². The number of aromatic nitrogens is 2. The second-order valence-electron chi connectivity index (χ2n) is 4.44. The van der Waals surface area contributed by atoms with Gasteiger partial charge in [-0.3, -0.25) is 4.79 Å². The first kappa shape index (κ1) is 12.2. The van der Waals surface area contributed by atoms with Crippen LogP contribution in [0.2, 0.25) is 0 Å². The lowest BCUT2D eigenvalue weighted by Crippen LogP contribution is -2.39. The van der Waals surface area contributed by atoms with Crippen LogP contribution in [-0.2, 0) is 11.8 Å². The van der Waals surface area contributed by atoms with E-state index in [0.29, 0.717) is 36.7 Å². The molecule has 0 aliphatic carbocycles. The maximum absolute atomic E-state index is 11.0. The molecule has 1 aromatic heterocycles. The summed E-state index contributed by atoms with van der Waals surface area (Å²) in [6, 6.07) is 2.03. The number of carboxylic acid groups (broad SMARTS) is 1. The third-order valence-corrected chi connectivity index (χ3v) is 3.26. The molecule has 0 aromatic carbocycles. The van der Waals surface area contributed by atoms with Gasteiger partial charge in [0.1, 0.15) is 17.5 Å². The van der Waals surface area contributed by atoms with Crippen LogP contribution in [0.3, 0.4) is 0 Å². The zero-order valence-corrected chi connectivity index (χ0v) is 10.1. The molecule has 0 saturated carbocycles. The van der Waals surface area contributed by atoms with Crippen molar-refractivity contribution in [2.45, 2.75) is 12.8 Å². The molecular formula is C11H15N5O2. The molecule has 3 N–H and O–H groups in total. The van der Waals surface area contributed by atoms with Crippen molar-refractivity contribution in [3.63, 3.8) is 0 Å². The normalized spacial score (nSPS) is 19.6. The topological polar surface area (TPSA) is 108 Å². The summed E-state index contributed by atoms with van der Waals surface area (Å²) in [7, 11) is 1.66. The number of nitrogens with zero attached hydrogens (tertiary/aromatic N) is 4. The monoisotopic (exact) mass is 249 g/mol. The maximum atomic E-state index is 11.0. The summed E-state index contributed by atoms with van der Waals surface area (Å²) in [4.78, 5) is 12.8. The summed E-state index contributed by atoms with van der Waals surface area (Å²) in [6.07, 6.45) is 1.44. The van der Waals surface area contributed by atoms with E-state index in [1.165, 1.54) is 4.68 Å². The lowest BCUT2D eigenvalue weighted by Gasteiger charge is -2.30. The van der Waals surface area contributed by atoms with Crippen molar-refractivity contribution < 1.29 is 9.90 Å². The van der Waals surface area contributed by atoms with Gasteiger partial charge in [-0.1, -0.05) is 0 Å². The minimum absolute atomic E-state index is 0.310. The first-order valence-electron chi connectivity index (χ1n) is 5.75. The zero-order valence-electron chi connectivity index (χ0n) is 10.1. The molecule has 2 heterocycles. The van der Waals surface area contributed by atoms with Gasteiger partial charge in [0.25, 0.3) is 0 Å². The lowest BCUT2D eigenvalue weighted by molar-refractivity contribution is -0.141. The van der Waals surface area contributed by atoms with Crippen LogP contribution in [0.25, 0.3) is 0 Å². The average Bonchev–Trinajstić information content (AvgIpc) is 2.65. The quantitative estimate of drug-likeness (QED) is 0.773. The number of rotatable bonds is 2. The number of nitrogens with two attached hydrogens (primary N) is 1. The van der Waals surface area contributed by atoms with Gasteiger partial charge in [0.15, 0.2) is 5.82 Å². The van der Waals surface area contributed by atoms with E-state index in [-0.39, 0.29) is 0 Å². The van der Waals surface area contributed by atoms with E-state index in [1.54, 1.807) is 7.05 Å². The minimum atomic E-state index is -0.804. The summed E-state index contributed by atoms with van der Waals surface area (Å²) in [6.45, 7) is 1.08. The Labute approximate surface area is 104 Å². The Morgan fingerprint density at radius 3 is 3.00 bits per heavy atom. The van der Waals surface area contributed by atoms with Crippen LogP contribution in [0.4, 0.5) is 11.6 Å². The number of hydrogen-bond acceptors (Lipinski definition) is 5. The standard InChI is InChI=1S/C11H15N5O2/c1-15-9(13)8(5-12)10(14-15)16-4-2-3-7(6-16)11(17)18/h7H,2-4,6,13H2,1H3,(H,17,18). The van der Waals surface area contributed by atoms with E-state index in [0.717, 1.165) is 6.42 Å². The van der Waals surface area contributed by atoms with Crippen LogP contribution in [0.1, 0.15) is 18.4 Å². The second-order valence-corrected chi connectivity index (χ2v) is 4.44. The first-order valence-corrected chi connectivity index (χ1v) is 5.75. The number of nitriles is 1. The summed E-state index contributed by atoms with van der Waals surface area (Å²) >= 11 is 0. The molecule has 1 aromatic rings. The van der Waals surface area contributed by atoms with Gasteiger partial charge in [-0.15, -0.1) is 0 Å². The highest BCUT2D eigenvalue weighted by atomic mass is 16.4. The average molecular weight is 249 g/mol. The molecule has 1 saturated heterocycles. The molecule has 96 valence electrons. The highest BCUT2D eigenvalue weighted by Gasteiger charge is 2.29. The van der Waals surface area contributed by atoms with Crippen molar-refractivity contribution in [2.75, 3.05) is 23.7 Å². The van der Waals surface area contributed by atoms with Crippen molar-refractivity contribution in [3.05, 3.63) is 5.56 Å². The Kier molecular flexibility index (Phi) is 3.10. The van der Waals surface area contributed by atoms with Crippen LogP contribution in [0.15, 0.2) is 0 Å². The van der Waals surface area contributed by atoms with Crippen molar-refractivity contribution in [1.82, 2.24) is 9.78 Å². The van der Waals surface area contributed by atoms with E-state index >= 15 is 0 Å². The van der Waals surface area contributed by atoms with Crippen molar-refractivity contribution in [2.24, 2.45) is 13.0 Å². The van der Waals surface area contributed by atoms with Gasteiger partial charge in [0.05, 0.1) is 5.92 Å². The Morgan fingerprint density at radius 1 is 1.67 bits per heavy atom. The van der Waals surface area contributed by atoms with Gasteiger partial charge in [-0.2, -0.15) is 10.4 Å². The summed E-state index contributed by atoms with van der Waals surface area (Å²) in [5.74, 6) is -0.413. The van der Waals surface area contributed by atoms with E-state index in [4.69, 9.17) is 16.1 Å². The highest BCUT2D eigenvalue weighted by Crippen LogP contribution is 2.28. The van der Waals surface area contributed by atoms with Crippen LogP contribution in [0.5, 0.6) is 0 Å². The molecular weight excluding hydrogens is 234 g/mol. The Bertz CT molecular complexity index is 516. The molecule has 2 rings (SSSR count). The molecule has 1 fully saturated rings. The van der Waals surface area contributed by atoms with Gasteiger partial charge in [0, 0.05) is 20.1 Å². The molecule has 0 amide bonds. The molecule has 1 aliphatic heterocycles. The highest BCUT2D eigenvalue weighted by molar-refractivity contribution is 5.72. The molecule has 0 radical (unpaired) electrons. The van der Waals surface area contributed by atoms with Crippen molar-refractivity contribution in [1.29, 1.82) is 5.26 Å². The number of anilines is 2. The van der Waals surface area contributed by atoms with Crippen LogP contribution >= 0.6 is 0 Å². The third-order valence-electron chi connectivity index (χ3n) is 3.26. The van der Waals surface area contributed by atoms with Gasteiger partial charge in [-0.05, 0) is 12.8 Å². The number of hydrogen-bond donors (Lipinski definition) is 2. The minimum Gasteiger partial charge on any atom is -0.481 e. The fourth-order valence-electron chi connectivity index (χ4n) is 2.22. The van der Waals surface area contributed by atoms with E-state index in [9.17, 15) is 4.79 Å². The number of piperidine rings is 1. The first-order chi connectivity index (χ1) is 8.54. The number of aliphatic carboxylic acids is 1. The third kappa shape index (κ3) is 1.97. The maximum Gasteiger partial charge on any atom is 0.308 e. The molecule has 7 nitrogen and oxygen atoms in total. The van der Waals surface area contributed by atoms with E-state index in [1.807, 2.05) is 11.0 Å². The fourth-order valence-corrected chi connectivity index (χ4v) is 2.22. The van der Waals surface area contributed by atoms with Gasteiger partial charge >= 0.3 is 5.97 Å². The molecule has 7 heteroatoms. The number of carboxylic acids is 1. The van der Waals surface area contributed by atoms with Crippen molar-refractivity contribution in [3.8, 4) is 6.07 Å². The van der Waals surface area contributed by atoms with Gasteiger partial charge in [0.2, 0.25) is 0 Å². The Morgan fingerprint density at radius 2 is 2.39 bits per heavy atom. The Balaban J connectivity index is 2.29. The van der Waals surface area contributed by atoms with Crippen LogP contribution < -0.4 is 10.6 Å². The predicted octanol–water partition coefficient (Wildman–Crippen LogP) is 0.175. The summed E-state index contributed by atoms with van der Waals surface area (Å²) in [5, 5.41) is 22.3.